The van der Waals surface area contributed by atoms with E-state index in [0.29, 0.717) is 13.1 Å². The van der Waals surface area contributed by atoms with Gasteiger partial charge in [-0.3, -0.25) is 9.80 Å². The lowest BCUT2D eigenvalue weighted by molar-refractivity contribution is -0.167. The van der Waals surface area contributed by atoms with Gasteiger partial charge >= 0.3 is 12.1 Å². The number of anilines is 1. The van der Waals surface area contributed by atoms with Crippen molar-refractivity contribution in [2.75, 3.05) is 18.4 Å². The molecule has 31 heavy (non-hydrogen) atoms. The van der Waals surface area contributed by atoms with E-state index in [1.54, 1.807) is 15.4 Å². The number of aryl methyl sites for hydroxylation is 1. The van der Waals surface area contributed by atoms with E-state index in [1.807, 2.05) is 13.1 Å². The summed E-state index contributed by atoms with van der Waals surface area (Å²) in [5.74, 6) is -2.13. The number of carbonyl (C=O) groups is 1. The van der Waals surface area contributed by atoms with Crippen LogP contribution in [-0.2, 0) is 14.8 Å². The molecule has 1 fully saturated rings. The number of nitrogens with one attached hydrogen (secondary N) is 1. The predicted molar refractivity (Wildman–Crippen MR) is 110 cm³/mol. The number of halogens is 3. The zero-order valence-electron chi connectivity index (χ0n) is 17.2. The molecule has 1 aromatic carbocycles. The molecule has 0 atom stereocenters. The molecular weight excluding hydrogens is 435 g/mol. The maximum absolute atomic E-state index is 12.6. The average molecular weight is 459 g/mol. The normalized spacial score (nSPS) is 18.3. The number of hydrogen-bond donors (Lipinski definition) is 1. The van der Waals surface area contributed by atoms with Crippen LogP contribution in [0.25, 0.3) is 0 Å². The second-order valence-corrected chi connectivity index (χ2v) is 9.36. The number of hydrazine groups is 1. The van der Waals surface area contributed by atoms with Crippen LogP contribution < -0.4 is 5.32 Å². The number of amides is 1. The molecule has 1 saturated carbocycles. The summed E-state index contributed by atoms with van der Waals surface area (Å²) in [7, 11) is -4.10. The molecule has 1 heterocycles. The predicted octanol–water partition coefficient (Wildman–Crippen LogP) is 3.31. The highest BCUT2D eigenvalue weighted by molar-refractivity contribution is 7.90. The molecule has 1 spiro atoms. The lowest BCUT2D eigenvalue weighted by atomic mass is 9.89. The topological polar surface area (TPSA) is 94.4 Å². The van der Waals surface area contributed by atoms with E-state index >= 15 is 0 Å². The van der Waals surface area contributed by atoms with Crippen LogP contribution in [0.5, 0.6) is 0 Å². The summed E-state index contributed by atoms with van der Waals surface area (Å²) in [6.45, 7) is 4.36. The van der Waals surface area contributed by atoms with Gasteiger partial charge in [-0.2, -0.15) is 26.7 Å². The Kier molecular flexibility index (Phi) is 6.30. The van der Waals surface area contributed by atoms with Crippen LogP contribution in [0.3, 0.4) is 0 Å². The van der Waals surface area contributed by atoms with Crippen LogP contribution in [-0.4, -0.2) is 56.3 Å². The quantitative estimate of drug-likeness (QED) is 0.520. The molecule has 0 saturated heterocycles. The molecule has 2 aliphatic rings. The number of rotatable bonds is 6. The maximum Gasteiger partial charge on any atom is 0.471 e. The lowest BCUT2D eigenvalue weighted by Gasteiger charge is -2.30. The number of nitrogens with zero attached hydrogens (tertiary/aromatic N) is 4. The van der Waals surface area contributed by atoms with E-state index < -0.39 is 22.1 Å². The van der Waals surface area contributed by atoms with Crippen LogP contribution in [0.4, 0.5) is 18.9 Å². The monoisotopic (exact) mass is 459 g/mol. The molecule has 1 amide bonds. The third-order valence-corrected chi connectivity index (χ3v) is 6.68. The van der Waals surface area contributed by atoms with Gasteiger partial charge < -0.3 is 5.32 Å². The number of alkyl halides is 3. The fourth-order valence-corrected chi connectivity index (χ4v) is 4.61. The van der Waals surface area contributed by atoms with Crippen molar-refractivity contribution >= 4 is 34.2 Å². The van der Waals surface area contributed by atoms with Gasteiger partial charge in [-0.1, -0.05) is 12.8 Å². The number of sulfonamides is 1. The standard InChI is InChI=1S/C19H24F3N5O3S/c1-3-26(27-12-18(11-23-27)8-4-5-9-18)13-24-31(29,30)15-6-7-16(14(2)10-15)25-17(28)19(20,21)22/h6-7,10-11,13H,3-5,8-9,12H2,1-2H3,(H,25,28). The van der Waals surface area contributed by atoms with E-state index in [1.165, 1.54) is 13.3 Å². The third-order valence-electron chi connectivity index (χ3n) is 5.46. The lowest BCUT2D eigenvalue weighted by Crippen LogP contribution is -2.40. The first-order valence-corrected chi connectivity index (χ1v) is 11.3. The molecule has 0 radical (unpaired) electrons. The first-order valence-electron chi connectivity index (χ1n) is 9.84. The minimum Gasteiger partial charge on any atom is -0.318 e. The second-order valence-electron chi connectivity index (χ2n) is 7.72. The van der Waals surface area contributed by atoms with Crippen LogP contribution in [0.15, 0.2) is 32.6 Å². The Hall–Kier alpha value is -2.63. The van der Waals surface area contributed by atoms with Gasteiger partial charge in [0, 0.05) is 23.9 Å². The molecule has 1 aliphatic heterocycles. The Labute approximate surface area is 178 Å². The highest BCUT2D eigenvalue weighted by Crippen LogP contribution is 2.40. The first-order chi connectivity index (χ1) is 14.5. The minimum atomic E-state index is -5.04. The van der Waals surface area contributed by atoms with Crippen molar-refractivity contribution in [3.05, 3.63) is 23.8 Å². The highest BCUT2D eigenvalue weighted by atomic mass is 32.2. The van der Waals surface area contributed by atoms with Crippen molar-refractivity contribution in [2.45, 2.75) is 50.6 Å². The van der Waals surface area contributed by atoms with Crippen molar-refractivity contribution in [3.8, 4) is 0 Å². The van der Waals surface area contributed by atoms with Gasteiger partial charge in [0.25, 0.3) is 10.0 Å². The number of carbonyl (C=O) groups excluding carboxylic acids is 1. The number of hydrogen-bond acceptors (Lipinski definition) is 5. The van der Waals surface area contributed by atoms with Gasteiger partial charge in [0.05, 0.1) is 11.4 Å². The third kappa shape index (κ3) is 5.17. The first kappa shape index (κ1) is 23.0. The summed E-state index contributed by atoms with van der Waals surface area (Å²) in [6, 6.07) is 3.37. The van der Waals surface area contributed by atoms with Crippen molar-refractivity contribution in [2.24, 2.45) is 14.9 Å². The highest BCUT2D eigenvalue weighted by Gasteiger charge is 2.40. The Bertz CT molecular complexity index is 1000. The Morgan fingerprint density at radius 3 is 2.61 bits per heavy atom. The van der Waals surface area contributed by atoms with Gasteiger partial charge in [-0.15, -0.1) is 4.40 Å². The zero-order chi connectivity index (χ0) is 22.9. The molecule has 0 aromatic heterocycles. The van der Waals surface area contributed by atoms with E-state index in [9.17, 15) is 26.4 Å². The molecular formula is C19H24F3N5O3S. The summed E-state index contributed by atoms with van der Waals surface area (Å²) < 4.78 is 66.2. The van der Waals surface area contributed by atoms with Gasteiger partial charge in [0.2, 0.25) is 0 Å². The molecule has 1 aromatic rings. The fraction of sp³-hybridized carbons (Fsp3) is 0.526. The van der Waals surface area contributed by atoms with Crippen molar-refractivity contribution in [1.82, 2.24) is 10.1 Å². The molecule has 1 aliphatic carbocycles. The maximum atomic E-state index is 12.6. The molecule has 170 valence electrons. The molecule has 8 nitrogen and oxygen atoms in total. The number of benzene rings is 1. The average Bonchev–Trinajstić information content (AvgIpc) is 3.33. The van der Waals surface area contributed by atoms with Crippen LogP contribution in [0.2, 0.25) is 0 Å². The second kappa shape index (κ2) is 8.48. The summed E-state index contributed by atoms with van der Waals surface area (Å²) in [5.41, 5.74) is 0.0655. The fourth-order valence-electron chi connectivity index (χ4n) is 3.69. The van der Waals surface area contributed by atoms with Crippen LogP contribution in [0.1, 0.15) is 38.2 Å². The zero-order valence-corrected chi connectivity index (χ0v) is 18.0. The van der Waals surface area contributed by atoms with Gasteiger partial charge in [-0.25, -0.2) is 5.12 Å². The molecule has 1 N–H and O–H groups in total. The van der Waals surface area contributed by atoms with E-state index in [4.69, 9.17) is 0 Å². The summed E-state index contributed by atoms with van der Waals surface area (Å²) in [6.07, 6.45) is 2.48. The van der Waals surface area contributed by atoms with Crippen molar-refractivity contribution < 1.29 is 26.4 Å². The summed E-state index contributed by atoms with van der Waals surface area (Å²) >= 11 is 0. The van der Waals surface area contributed by atoms with Crippen LogP contribution >= 0.6 is 0 Å². The Morgan fingerprint density at radius 1 is 1.35 bits per heavy atom. The van der Waals surface area contributed by atoms with E-state index in [2.05, 4.69) is 9.50 Å². The van der Waals surface area contributed by atoms with Crippen molar-refractivity contribution in [3.63, 3.8) is 0 Å². The van der Waals surface area contributed by atoms with Crippen molar-refractivity contribution in [1.29, 1.82) is 0 Å². The smallest absolute Gasteiger partial charge is 0.318 e. The van der Waals surface area contributed by atoms with Crippen LogP contribution in [0, 0.1) is 12.3 Å². The molecule has 3 rings (SSSR count). The van der Waals surface area contributed by atoms with E-state index in [0.717, 1.165) is 43.9 Å². The number of hydrazone groups is 1. The Balaban J connectivity index is 1.72. The SMILES string of the molecule is CCN(C=NS(=O)(=O)c1ccc(NC(=O)C(F)(F)F)c(C)c1)N1CC2(C=N1)CCCC2. The van der Waals surface area contributed by atoms with E-state index in [-0.39, 0.29) is 21.6 Å². The molecule has 12 heteroatoms. The minimum absolute atomic E-state index is 0.0356. The summed E-state index contributed by atoms with van der Waals surface area (Å²) in [4.78, 5) is 10.9. The Morgan fingerprint density at radius 2 is 2.03 bits per heavy atom. The largest absolute Gasteiger partial charge is 0.471 e. The summed E-state index contributed by atoms with van der Waals surface area (Å²) in [5, 5.41) is 9.43. The van der Waals surface area contributed by atoms with Gasteiger partial charge in [-0.05, 0) is 50.5 Å². The molecule has 0 unspecified atom stereocenters. The molecule has 0 bridgehead atoms. The van der Waals surface area contributed by atoms with Gasteiger partial charge in [0.15, 0.2) is 0 Å². The van der Waals surface area contributed by atoms with Gasteiger partial charge in [0.1, 0.15) is 6.34 Å².